The van der Waals surface area contributed by atoms with Crippen molar-refractivity contribution in [2.75, 3.05) is 0 Å². The molecule has 0 saturated carbocycles. The van der Waals surface area contributed by atoms with Crippen molar-refractivity contribution in [2.45, 2.75) is 20.0 Å². The van der Waals surface area contributed by atoms with Crippen molar-refractivity contribution in [3.05, 3.63) is 58.4 Å². The van der Waals surface area contributed by atoms with Gasteiger partial charge in [0.2, 0.25) is 5.13 Å². The van der Waals surface area contributed by atoms with Crippen molar-refractivity contribution in [1.29, 1.82) is 0 Å². The number of aliphatic hydroxyl groups excluding tert-OH is 1. The molecule has 3 aromatic rings. The highest BCUT2D eigenvalue weighted by Crippen LogP contribution is 2.20. The fourth-order valence-corrected chi connectivity index (χ4v) is 2.79. The lowest BCUT2D eigenvalue weighted by molar-refractivity contribution is 0.275. The number of aliphatic hydroxyl groups is 1. The number of aryl methyl sites for hydroxylation is 1. The highest BCUT2D eigenvalue weighted by atomic mass is 32.1. The number of hydrogen-bond acceptors (Lipinski definition) is 5. The van der Waals surface area contributed by atoms with Crippen LogP contribution in [0.1, 0.15) is 22.6 Å². The van der Waals surface area contributed by atoms with Gasteiger partial charge >= 0.3 is 0 Å². The molecule has 0 unspecified atom stereocenters. The topological polar surface area (TPSA) is 63.8 Å². The van der Waals surface area contributed by atoms with Crippen LogP contribution in [0.4, 0.5) is 0 Å². The van der Waals surface area contributed by atoms with Crippen LogP contribution in [-0.4, -0.2) is 25.1 Å². The van der Waals surface area contributed by atoms with Gasteiger partial charge in [-0.05, 0) is 12.5 Å². The van der Waals surface area contributed by atoms with Crippen molar-refractivity contribution in [1.82, 2.24) is 20.0 Å². The molecule has 0 aliphatic carbocycles. The molecule has 0 spiro atoms. The van der Waals surface area contributed by atoms with Crippen molar-refractivity contribution in [3.8, 4) is 5.13 Å². The van der Waals surface area contributed by atoms with E-state index in [2.05, 4.69) is 15.3 Å². The smallest absolute Gasteiger partial charge is 0.212 e. The van der Waals surface area contributed by atoms with Gasteiger partial charge in [0.05, 0.1) is 18.0 Å². The molecule has 0 amide bonds. The van der Waals surface area contributed by atoms with E-state index in [0.717, 1.165) is 22.1 Å². The van der Waals surface area contributed by atoms with E-state index in [1.54, 1.807) is 4.68 Å². The standard InChI is InChI=1S/C14H14N4OS/c1-10-9-20-14(15-10)18-13(12(8-19)16-17-18)7-11-5-3-2-4-6-11/h2-6,9,19H,7-8H2,1H3. The highest BCUT2D eigenvalue weighted by molar-refractivity contribution is 7.12. The third-order valence-electron chi connectivity index (χ3n) is 3.00. The Bertz CT molecular complexity index is 705. The quantitative estimate of drug-likeness (QED) is 0.798. The molecule has 102 valence electrons. The van der Waals surface area contributed by atoms with Gasteiger partial charge in [-0.25, -0.2) is 4.98 Å². The van der Waals surface area contributed by atoms with Gasteiger partial charge in [-0.3, -0.25) is 0 Å². The summed E-state index contributed by atoms with van der Waals surface area (Å²) in [6, 6.07) is 10.1. The second kappa shape index (κ2) is 5.52. The second-order valence-electron chi connectivity index (χ2n) is 4.49. The van der Waals surface area contributed by atoms with E-state index < -0.39 is 0 Å². The van der Waals surface area contributed by atoms with E-state index in [1.165, 1.54) is 11.3 Å². The van der Waals surface area contributed by atoms with Gasteiger partial charge in [-0.2, -0.15) is 4.68 Å². The van der Waals surface area contributed by atoms with Gasteiger partial charge in [0.1, 0.15) is 5.69 Å². The minimum absolute atomic E-state index is 0.119. The molecule has 2 aromatic heterocycles. The normalized spacial score (nSPS) is 10.9. The number of rotatable bonds is 4. The van der Waals surface area contributed by atoms with Crippen LogP contribution in [0.15, 0.2) is 35.7 Å². The van der Waals surface area contributed by atoms with E-state index in [1.807, 2.05) is 42.6 Å². The first-order valence-electron chi connectivity index (χ1n) is 6.28. The summed E-state index contributed by atoms with van der Waals surface area (Å²) >= 11 is 1.52. The number of nitrogens with zero attached hydrogens (tertiary/aromatic N) is 4. The predicted molar refractivity (Wildman–Crippen MR) is 76.9 cm³/mol. The van der Waals surface area contributed by atoms with Crippen LogP contribution in [0.2, 0.25) is 0 Å². The van der Waals surface area contributed by atoms with Crippen molar-refractivity contribution < 1.29 is 5.11 Å². The molecule has 2 heterocycles. The molecule has 1 aromatic carbocycles. The molecule has 20 heavy (non-hydrogen) atoms. The number of hydrogen-bond donors (Lipinski definition) is 1. The molecule has 0 radical (unpaired) electrons. The van der Waals surface area contributed by atoms with Gasteiger partial charge in [-0.15, -0.1) is 16.4 Å². The molecule has 0 aliphatic heterocycles. The van der Waals surface area contributed by atoms with E-state index in [4.69, 9.17) is 0 Å². The van der Waals surface area contributed by atoms with E-state index in [9.17, 15) is 5.11 Å². The van der Waals surface area contributed by atoms with E-state index in [0.29, 0.717) is 12.1 Å². The molecule has 6 heteroatoms. The van der Waals surface area contributed by atoms with Gasteiger partial charge < -0.3 is 5.11 Å². The lowest BCUT2D eigenvalue weighted by Crippen LogP contribution is -2.04. The number of benzene rings is 1. The van der Waals surface area contributed by atoms with Crippen molar-refractivity contribution in [2.24, 2.45) is 0 Å². The maximum atomic E-state index is 9.43. The fraction of sp³-hybridized carbons (Fsp3) is 0.214. The van der Waals surface area contributed by atoms with Gasteiger partial charge in [0.15, 0.2) is 0 Å². The van der Waals surface area contributed by atoms with E-state index >= 15 is 0 Å². The Hall–Kier alpha value is -2.05. The first-order chi connectivity index (χ1) is 9.78. The minimum atomic E-state index is -0.119. The zero-order valence-corrected chi connectivity index (χ0v) is 11.8. The molecule has 1 N–H and O–H groups in total. The summed E-state index contributed by atoms with van der Waals surface area (Å²) in [5, 5.41) is 20.3. The van der Waals surface area contributed by atoms with Gasteiger partial charge in [0.25, 0.3) is 0 Å². The predicted octanol–water partition coefficient (Wildman–Crippen LogP) is 2.12. The Kier molecular flexibility index (Phi) is 3.58. The summed E-state index contributed by atoms with van der Waals surface area (Å²) < 4.78 is 1.72. The zero-order chi connectivity index (χ0) is 13.9. The van der Waals surface area contributed by atoms with Crippen LogP contribution in [-0.2, 0) is 13.0 Å². The lowest BCUT2D eigenvalue weighted by Gasteiger charge is -2.05. The zero-order valence-electron chi connectivity index (χ0n) is 11.0. The Labute approximate surface area is 120 Å². The van der Waals surface area contributed by atoms with Crippen LogP contribution in [0.5, 0.6) is 0 Å². The third kappa shape index (κ3) is 2.48. The SMILES string of the molecule is Cc1csc(-n2nnc(CO)c2Cc2ccccc2)n1. The molecule has 0 atom stereocenters. The summed E-state index contributed by atoms with van der Waals surface area (Å²) in [7, 11) is 0. The van der Waals surface area contributed by atoms with Crippen LogP contribution < -0.4 is 0 Å². The number of aromatic nitrogens is 4. The summed E-state index contributed by atoms with van der Waals surface area (Å²) in [4.78, 5) is 4.43. The fourth-order valence-electron chi connectivity index (χ4n) is 2.01. The van der Waals surface area contributed by atoms with Gasteiger partial charge in [0, 0.05) is 11.8 Å². The van der Waals surface area contributed by atoms with Crippen LogP contribution >= 0.6 is 11.3 Å². The molecular formula is C14H14N4OS. The molecule has 0 saturated heterocycles. The Morgan fingerprint density at radius 3 is 2.70 bits per heavy atom. The minimum Gasteiger partial charge on any atom is -0.390 e. The Morgan fingerprint density at radius 2 is 2.05 bits per heavy atom. The summed E-state index contributed by atoms with van der Waals surface area (Å²) in [6.45, 7) is 1.83. The Morgan fingerprint density at radius 1 is 1.25 bits per heavy atom. The summed E-state index contributed by atoms with van der Waals surface area (Å²) in [6.07, 6.45) is 0.669. The maximum Gasteiger partial charge on any atom is 0.212 e. The van der Waals surface area contributed by atoms with Crippen molar-refractivity contribution in [3.63, 3.8) is 0 Å². The summed E-state index contributed by atoms with van der Waals surface area (Å²) in [5.41, 5.74) is 3.59. The monoisotopic (exact) mass is 286 g/mol. The molecular weight excluding hydrogens is 272 g/mol. The van der Waals surface area contributed by atoms with Gasteiger partial charge in [-0.1, -0.05) is 35.5 Å². The molecule has 0 aliphatic rings. The largest absolute Gasteiger partial charge is 0.390 e. The highest BCUT2D eigenvalue weighted by Gasteiger charge is 2.16. The van der Waals surface area contributed by atoms with Crippen LogP contribution in [0.3, 0.4) is 0 Å². The first-order valence-corrected chi connectivity index (χ1v) is 7.16. The van der Waals surface area contributed by atoms with E-state index in [-0.39, 0.29) is 6.61 Å². The Balaban J connectivity index is 2.02. The molecule has 0 fully saturated rings. The first kappa shape index (κ1) is 13.0. The average molecular weight is 286 g/mol. The van der Waals surface area contributed by atoms with Crippen LogP contribution in [0, 0.1) is 6.92 Å². The lowest BCUT2D eigenvalue weighted by atomic mass is 10.1. The van der Waals surface area contributed by atoms with Crippen LogP contribution in [0.25, 0.3) is 5.13 Å². The molecule has 3 rings (SSSR count). The third-order valence-corrected chi connectivity index (χ3v) is 3.93. The maximum absolute atomic E-state index is 9.43. The average Bonchev–Trinajstić information content (AvgIpc) is 3.06. The molecule has 5 nitrogen and oxygen atoms in total. The molecule has 0 bridgehead atoms. The second-order valence-corrected chi connectivity index (χ2v) is 5.32. The van der Waals surface area contributed by atoms with Crippen molar-refractivity contribution >= 4 is 11.3 Å². The number of thiazole rings is 1. The summed E-state index contributed by atoms with van der Waals surface area (Å²) in [5.74, 6) is 0.